The molecule has 0 spiro atoms. The quantitative estimate of drug-likeness (QED) is 0.718. The van der Waals surface area contributed by atoms with E-state index in [0.29, 0.717) is 0 Å². The number of benzene rings is 3. The van der Waals surface area contributed by atoms with Gasteiger partial charge in [0.25, 0.3) is 0 Å². The maximum Gasteiger partial charge on any atom is 0.185 e. The van der Waals surface area contributed by atoms with E-state index in [2.05, 4.69) is 6.07 Å². The average Bonchev–Trinajstić information content (AvgIpc) is 2.56. The van der Waals surface area contributed by atoms with Gasteiger partial charge in [-0.2, -0.15) is 0 Å². The zero-order valence-electron chi connectivity index (χ0n) is 12.8. The molecule has 3 rings (SSSR count). The van der Waals surface area contributed by atoms with E-state index in [0.717, 1.165) is 38.9 Å². The summed E-state index contributed by atoms with van der Waals surface area (Å²) in [6.07, 6.45) is -2.05. The number of thioether (sulfide) groups is 1. The highest BCUT2D eigenvalue weighted by Crippen LogP contribution is 2.34. The van der Waals surface area contributed by atoms with Crippen LogP contribution in [0.5, 0.6) is 0 Å². The molecule has 0 radical (unpaired) electrons. The van der Waals surface area contributed by atoms with Crippen LogP contribution in [0.2, 0.25) is 0 Å². The summed E-state index contributed by atoms with van der Waals surface area (Å²) in [7, 11) is 0. The fraction of sp³-hybridized carbons (Fsp3) is 0.211. The van der Waals surface area contributed by atoms with Crippen LogP contribution in [0, 0.1) is 0 Å². The highest BCUT2D eigenvalue weighted by molar-refractivity contribution is 8.13. The number of aliphatic hydroxyl groups is 2. The van der Waals surface area contributed by atoms with Crippen molar-refractivity contribution in [3.63, 3.8) is 0 Å². The lowest BCUT2D eigenvalue weighted by molar-refractivity contribution is -0.109. The van der Waals surface area contributed by atoms with Crippen molar-refractivity contribution in [2.24, 2.45) is 0 Å². The fourth-order valence-electron chi connectivity index (χ4n) is 2.85. The first-order valence-electron chi connectivity index (χ1n) is 7.48. The van der Waals surface area contributed by atoms with E-state index in [1.54, 1.807) is 0 Å². The Kier molecular flexibility index (Phi) is 4.66. The first-order valence-corrected chi connectivity index (χ1v) is 8.46. The van der Waals surface area contributed by atoms with Gasteiger partial charge < -0.3 is 10.2 Å². The lowest BCUT2D eigenvalue weighted by atomic mass is 9.92. The molecule has 23 heavy (non-hydrogen) atoms. The second-order valence-electron chi connectivity index (χ2n) is 5.55. The first kappa shape index (κ1) is 16.0. The van der Waals surface area contributed by atoms with Crippen molar-refractivity contribution >= 4 is 38.4 Å². The molecular formula is C19H18O3S. The Balaban J connectivity index is 2.14. The molecule has 0 aliphatic rings. The molecule has 0 aliphatic carbocycles. The second kappa shape index (κ2) is 6.71. The Morgan fingerprint density at radius 3 is 2.04 bits per heavy atom. The molecule has 0 fully saturated rings. The van der Waals surface area contributed by atoms with Crippen LogP contribution in [0.1, 0.15) is 18.6 Å². The van der Waals surface area contributed by atoms with Crippen LogP contribution in [0.4, 0.5) is 0 Å². The molecule has 4 heteroatoms. The summed E-state index contributed by atoms with van der Waals surface area (Å²) in [6, 6.07) is 17.7. The van der Waals surface area contributed by atoms with Crippen molar-refractivity contribution in [1.29, 1.82) is 0 Å². The van der Waals surface area contributed by atoms with E-state index in [-0.39, 0.29) is 10.9 Å². The van der Waals surface area contributed by atoms with Gasteiger partial charge in [0, 0.05) is 12.7 Å². The van der Waals surface area contributed by atoms with Crippen molar-refractivity contribution in [3.05, 3.63) is 60.2 Å². The number of hydrogen-bond donors (Lipinski definition) is 2. The number of fused-ring (bicyclic) bond motifs is 2. The van der Waals surface area contributed by atoms with Gasteiger partial charge in [0.1, 0.15) is 6.10 Å². The van der Waals surface area contributed by atoms with Gasteiger partial charge >= 0.3 is 0 Å². The molecule has 3 aromatic carbocycles. The third-order valence-corrected chi connectivity index (χ3v) is 4.85. The largest absolute Gasteiger partial charge is 0.389 e. The topological polar surface area (TPSA) is 57.5 Å². The van der Waals surface area contributed by atoms with E-state index in [4.69, 9.17) is 0 Å². The van der Waals surface area contributed by atoms with Crippen molar-refractivity contribution in [1.82, 2.24) is 0 Å². The summed E-state index contributed by atoms with van der Waals surface area (Å²) in [5.74, 6) is 0.175. The summed E-state index contributed by atoms with van der Waals surface area (Å²) >= 11 is 1.02. The summed E-state index contributed by atoms with van der Waals surface area (Å²) in [4.78, 5) is 11.1. The normalized spacial score (nSPS) is 14.0. The maximum absolute atomic E-state index is 11.1. The Morgan fingerprint density at radius 2 is 1.52 bits per heavy atom. The number of rotatable bonds is 4. The standard InChI is InChI=1S/C19H18O3S/c1-12(20)23-11-17(21)19(22)18-15-8-4-2-6-13(15)10-14-7-3-5-9-16(14)18/h2-10,17,19,21-22H,11H2,1H3. The lowest BCUT2D eigenvalue weighted by Gasteiger charge is -2.21. The van der Waals surface area contributed by atoms with Gasteiger partial charge in [-0.1, -0.05) is 60.3 Å². The van der Waals surface area contributed by atoms with Crippen LogP contribution in [-0.4, -0.2) is 27.2 Å². The summed E-state index contributed by atoms with van der Waals surface area (Å²) < 4.78 is 0. The monoisotopic (exact) mass is 326 g/mol. The molecule has 0 amide bonds. The minimum absolute atomic E-state index is 0.0703. The molecule has 2 unspecified atom stereocenters. The van der Waals surface area contributed by atoms with Crippen LogP contribution in [0.25, 0.3) is 21.5 Å². The predicted molar refractivity (Wildman–Crippen MR) is 95.6 cm³/mol. The zero-order valence-corrected chi connectivity index (χ0v) is 13.6. The van der Waals surface area contributed by atoms with E-state index >= 15 is 0 Å². The van der Waals surface area contributed by atoms with Gasteiger partial charge in [-0.05, 0) is 33.2 Å². The average molecular weight is 326 g/mol. The summed E-state index contributed by atoms with van der Waals surface area (Å²) in [5, 5.41) is 24.9. The zero-order chi connectivity index (χ0) is 16.4. The van der Waals surface area contributed by atoms with Gasteiger partial charge in [0.15, 0.2) is 5.12 Å². The molecule has 0 saturated heterocycles. The number of aliphatic hydroxyl groups excluding tert-OH is 2. The third-order valence-electron chi connectivity index (χ3n) is 3.93. The van der Waals surface area contributed by atoms with Gasteiger partial charge in [-0.3, -0.25) is 4.79 Å². The van der Waals surface area contributed by atoms with Gasteiger partial charge in [0.05, 0.1) is 6.10 Å². The minimum atomic E-state index is -1.04. The van der Waals surface area contributed by atoms with E-state index < -0.39 is 12.2 Å². The summed E-state index contributed by atoms with van der Waals surface area (Å²) in [6.45, 7) is 1.46. The van der Waals surface area contributed by atoms with Crippen LogP contribution in [-0.2, 0) is 4.79 Å². The van der Waals surface area contributed by atoms with Gasteiger partial charge in [-0.25, -0.2) is 0 Å². The number of hydrogen-bond acceptors (Lipinski definition) is 4. The second-order valence-corrected chi connectivity index (χ2v) is 6.74. The van der Waals surface area contributed by atoms with Gasteiger partial charge in [0.2, 0.25) is 0 Å². The smallest absolute Gasteiger partial charge is 0.185 e. The lowest BCUT2D eigenvalue weighted by Crippen LogP contribution is -2.22. The van der Waals surface area contributed by atoms with Crippen LogP contribution in [0.15, 0.2) is 54.6 Å². The SMILES string of the molecule is CC(=O)SCC(O)C(O)c1c2ccccc2cc2ccccc12. The molecule has 118 valence electrons. The molecule has 0 aliphatic heterocycles. The molecule has 2 atom stereocenters. The van der Waals surface area contributed by atoms with E-state index in [1.165, 1.54) is 6.92 Å². The predicted octanol–water partition coefficient (Wildman–Crippen LogP) is 3.67. The molecule has 0 aromatic heterocycles. The molecule has 0 heterocycles. The minimum Gasteiger partial charge on any atom is -0.389 e. The van der Waals surface area contributed by atoms with Crippen molar-refractivity contribution in [2.75, 3.05) is 5.75 Å². The van der Waals surface area contributed by atoms with Crippen molar-refractivity contribution < 1.29 is 15.0 Å². The Bertz CT molecular complexity index is 805. The molecule has 2 N–H and O–H groups in total. The summed E-state index contributed by atoms with van der Waals surface area (Å²) in [5.41, 5.74) is 0.718. The highest BCUT2D eigenvalue weighted by atomic mass is 32.2. The van der Waals surface area contributed by atoms with Crippen molar-refractivity contribution in [2.45, 2.75) is 19.1 Å². The molecule has 3 aromatic rings. The highest BCUT2D eigenvalue weighted by Gasteiger charge is 2.23. The number of carbonyl (C=O) groups excluding carboxylic acids is 1. The van der Waals surface area contributed by atoms with Crippen LogP contribution >= 0.6 is 11.8 Å². The third kappa shape index (κ3) is 3.24. The van der Waals surface area contributed by atoms with Gasteiger partial charge in [-0.15, -0.1) is 0 Å². The van der Waals surface area contributed by atoms with Crippen molar-refractivity contribution in [3.8, 4) is 0 Å². The van der Waals surface area contributed by atoms with E-state index in [9.17, 15) is 15.0 Å². The molecule has 3 nitrogen and oxygen atoms in total. The Hall–Kier alpha value is -1.88. The number of carbonyl (C=O) groups is 1. The Labute approximate surface area is 138 Å². The molecule has 0 saturated carbocycles. The van der Waals surface area contributed by atoms with Crippen LogP contribution < -0.4 is 0 Å². The Morgan fingerprint density at radius 1 is 1.00 bits per heavy atom. The maximum atomic E-state index is 11.1. The van der Waals surface area contributed by atoms with E-state index in [1.807, 2.05) is 48.5 Å². The fourth-order valence-corrected chi connectivity index (χ4v) is 3.44. The first-order chi connectivity index (χ1) is 11.1. The molecular weight excluding hydrogens is 308 g/mol. The molecule has 0 bridgehead atoms. The van der Waals surface area contributed by atoms with Crippen LogP contribution in [0.3, 0.4) is 0 Å².